The largest absolute Gasteiger partial charge is 0.486 e. The van der Waals surface area contributed by atoms with Gasteiger partial charge in [-0.05, 0) is 78.7 Å². The highest BCUT2D eigenvalue weighted by Gasteiger charge is 2.36. The summed E-state index contributed by atoms with van der Waals surface area (Å²) in [4.78, 5) is 16.7. The maximum atomic E-state index is 13.4. The third-order valence-electron chi connectivity index (χ3n) is 6.73. The van der Waals surface area contributed by atoms with Gasteiger partial charge >= 0.3 is 12.1 Å². The summed E-state index contributed by atoms with van der Waals surface area (Å²) in [5, 5.41) is 1.06. The molecule has 0 aliphatic carbocycles. The Labute approximate surface area is 261 Å². The molecule has 0 aliphatic heterocycles. The van der Waals surface area contributed by atoms with Gasteiger partial charge in [0.15, 0.2) is 0 Å². The Morgan fingerprint density at radius 3 is 2.30 bits per heavy atom. The molecule has 4 aromatic carbocycles. The molecular weight excluding hydrogens is 616 g/mol. The predicted molar refractivity (Wildman–Crippen MR) is 162 cm³/mol. The average Bonchev–Trinajstić information content (AvgIpc) is 3.42. The lowest BCUT2D eigenvalue weighted by Gasteiger charge is -2.14. The highest BCUT2D eigenvalue weighted by atomic mass is 35.5. The molecule has 0 bridgehead atoms. The van der Waals surface area contributed by atoms with Crippen molar-refractivity contribution in [2.45, 2.75) is 26.3 Å². The summed E-state index contributed by atoms with van der Waals surface area (Å²) in [6.07, 6.45) is -2.80. The lowest BCUT2D eigenvalue weighted by atomic mass is 10.1. The van der Waals surface area contributed by atoms with Crippen LogP contribution in [0.4, 0.5) is 13.2 Å². The smallest absolute Gasteiger partial charge is 0.417 e. The van der Waals surface area contributed by atoms with Crippen molar-refractivity contribution in [3.63, 3.8) is 0 Å². The lowest BCUT2D eigenvalue weighted by Crippen LogP contribution is -2.14. The first-order valence-electron chi connectivity index (χ1n) is 13.4. The molecule has 0 saturated carbocycles. The van der Waals surface area contributed by atoms with Crippen LogP contribution >= 0.6 is 23.2 Å². The fraction of sp³-hybridized carbons (Fsp3) is 0.152. The minimum Gasteiger partial charge on any atom is -0.486 e. The van der Waals surface area contributed by atoms with Gasteiger partial charge in [-0.25, -0.2) is 9.78 Å². The van der Waals surface area contributed by atoms with E-state index in [4.69, 9.17) is 37.7 Å². The highest BCUT2D eigenvalue weighted by molar-refractivity contribution is 6.36. The molecule has 44 heavy (non-hydrogen) atoms. The Hall–Kier alpha value is -4.47. The minimum absolute atomic E-state index is 0.0613. The van der Waals surface area contributed by atoms with Crippen LogP contribution in [0.15, 0.2) is 91.1 Å². The van der Waals surface area contributed by atoms with Crippen LogP contribution < -0.4 is 9.47 Å². The number of benzene rings is 4. The van der Waals surface area contributed by atoms with E-state index < -0.39 is 23.3 Å². The maximum Gasteiger partial charge on any atom is 0.417 e. The summed E-state index contributed by atoms with van der Waals surface area (Å²) in [6.45, 7) is 2.95. The average molecular weight is 641 g/mol. The Morgan fingerprint density at radius 1 is 0.886 bits per heavy atom. The zero-order valence-electron chi connectivity index (χ0n) is 23.5. The van der Waals surface area contributed by atoms with Crippen molar-refractivity contribution in [2.75, 3.05) is 7.11 Å². The quantitative estimate of drug-likeness (QED) is 0.150. The Morgan fingerprint density at radius 2 is 1.61 bits per heavy atom. The van der Waals surface area contributed by atoms with Gasteiger partial charge in [0.05, 0.1) is 29.0 Å². The second-order valence-electron chi connectivity index (χ2n) is 9.59. The first kappa shape index (κ1) is 31.0. The molecule has 0 atom stereocenters. The molecule has 0 unspecified atom stereocenters. The van der Waals surface area contributed by atoms with Crippen LogP contribution in [0.3, 0.4) is 0 Å². The number of rotatable bonds is 9. The van der Waals surface area contributed by atoms with E-state index in [1.807, 2.05) is 54.1 Å². The number of hydrogen-bond acceptors (Lipinski definition) is 5. The third-order valence-corrected chi connectivity index (χ3v) is 7.28. The number of esters is 1. The summed E-state index contributed by atoms with van der Waals surface area (Å²) in [5.41, 5.74) is 1.44. The standard InChI is InChI=1S/C33H25Cl2F3N2O4/c1-3-40-18-30(26-13-9-22(34)16-29(26)35)39-31(40)19-43-23-10-7-20(8-11-23)21-5-4-6-24(15-21)44-25-12-14-28(33(36,37)38)27(17-25)32(41)42-2/h4-18H,3,19H2,1-2H3. The van der Waals surface area contributed by atoms with Gasteiger partial charge in [0, 0.05) is 23.3 Å². The molecule has 5 aromatic rings. The fourth-order valence-electron chi connectivity index (χ4n) is 4.55. The van der Waals surface area contributed by atoms with Crippen LogP contribution in [0, 0.1) is 0 Å². The molecule has 0 aliphatic rings. The van der Waals surface area contributed by atoms with Gasteiger partial charge in [-0.1, -0.05) is 47.5 Å². The maximum absolute atomic E-state index is 13.4. The lowest BCUT2D eigenvalue weighted by molar-refractivity contribution is -0.138. The van der Waals surface area contributed by atoms with E-state index in [9.17, 15) is 18.0 Å². The molecular formula is C33H25Cl2F3N2O4. The van der Waals surface area contributed by atoms with E-state index in [0.29, 0.717) is 28.1 Å². The van der Waals surface area contributed by atoms with Gasteiger partial charge in [0.2, 0.25) is 0 Å². The number of aryl methyl sites for hydroxylation is 1. The number of ether oxygens (including phenoxy) is 3. The molecule has 0 saturated heterocycles. The molecule has 11 heteroatoms. The molecule has 6 nitrogen and oxygen atoms in total. The van der Waals surface area contributed by atoms with Crippen molar-refractivity contribution in [2.24, 2.45) is 0 Å². The third kappa shape index (κ3) is 7.01. The van der Waals surface area contributed by atoms with Crippen LogP contribution in [-0.4, -0.2) is 22.6 Å². The predicted octanol–water partition coefficient (Wildman–Crippen LogP) is 9.72. The van der Waals surface area contributed by atoms with E-state index in [2.05, 4.69) is 4.74 Å². The van der Waals surface area contributed by atoms with Crippen molar-refractivity contribution in [3.8, 4) is 39.6 Å². The molecule has 0 spiro atoms. The Bertz CT molecular complexity index is 1800. The summed E-state index contributed by atoms with van der Waals surface area (Å²) in [7, 11) is 1.02. The highest BCUT2D eigenvalue weighted by Crippen LogP contribution is 2.36. The monoisotopic (exact) mass is 640 g/mol. The zero-order chi connectivity index (χ0) is 31.4. The van der Waals surface area contributed by atoms with Crippen LogP contribution in [0.25, 0.3) is 22.4 Å². The normalized spacial score (nSPS) is 11.3. The molecule has 0 amide bonds. The fourth-order valence-corrected chi connectivity index (χ4v) is 5.06. The van der Waals surface area contributed by atoms with Crippen molar-refractivity contribution in [3.05, 3.63) is 118 Å². The van der Waals surface area contributed by atoms with Gasteiger partial charge < -0.3 is 18.8 Å². The summed E-state index contributed by atoms with van der Waals surface area (Å²) < 4.78 is 58.4. The second kappa shape index (κ2) is 13.0. The van der Waals surface area contributed by atoms with E-state index in [0.717, 1.165) is 53.5 Å². The van der Waals surface area contributed by atoms with E-state index in [1.54, 1.807) is 30.3 Å². The SMILES string of the molecule is CCn1cc(-c2ccc(Cl)cc2Cl)nc1COc1ccc(-c2cccc(Oc3ccc(C(F)(F)F)c(C(=O)OC)c3)c2)cc1. The summed E-state index contributed by atoms with van der Waals surface area (Å²) in [6, 6.07) is 22.7. The number of carbonyl (C=O) groups is 1. The first-order chi connectivity index (χ1) is 21.0. The topological polar surface area (TPSA) is 62.6 Å². The number of alkyl halides is 3. The first-order valence-corrected chi connectivity index (χ1v) is 14.1. The van der Waals surface area contributed by atoms with E-state index in [1.165, 1.54) is 0 Å². The van der Waals surface area contributed by atoms with Crippen LogP contribution in [-0.2, 0) is 24.1 Å². The van der Waals surface area contributed by atoms with Gasteiger partial charge in [-0.2, -0.15) is 13.2 Å². The zero-order valence-corrected chi connectivity index (χ0v) is 25.0. The van der Waals surface area contributed by atoms with Crippen molar-refractivity contribution >= 4 is 29.2 Å². The molecule has 0 N–H and O–H groups in total. The van der Waals surface area contributed by atoms with Crippen LogP contribution in [0.2, 0.25) is 10.0 Å². The summed E-state index contributed by atoms with van der Waals surface area (Å²) >= 11 is 12.4. The van der Waals surface area contributed by atoms with Gasteiger partial charge in [-0.3, -0.25) is 0 Å². The molecule has 1 heterocycles. The molecule has 0 fully saturated rings. The minimum atomic E-state index is -4.72. The van der Waals surface area contributed by atoms with Crippen molar-refractivity contribution < 1.29 is 32.2 Å². The summed E-state index contributed by atoms with van der Waals surface area (Å²) in [5.74, 6) is 0.704. The van der Waals surface area contributed by atoms with Gasteiger partial charge in [0.1, 0.15) is 29.7 Å². The number of imidazole rings is 1. The second-order valence-corrected chi connectivity index (χ2v) is 10.4. The number of hydrogen-bond donors (Lipinski definition) is 0. The Kier molecular flexibility index (Phi) is 9.17. The van der Waals surface area contributed by atoms with Crippen LogP contribution in [0.5, 0.6) is 17.2 Å². The van der Waals surface area contributed by atoms with Gasteiger partial charge in [0.25, 0.3) is 0 Å². The van der Waals surface area contributed by atoms with Crippen molar-refractivity contribution in [1.29, 1.82) is 0 Å². The van der Waals surface area contributed by atoms with E-state index >= 15 is 0 Å². The number of nitrogens with zero attached hydrogens (tertiary/aromatic N) is 2. The molecule has 5 rings (SSSR count). The Balaban J connectivity index is 1.29. The molecule has 1 aromatic heterocycles. The molecule has 226 valence electrons. The van der Waals surface area contributed by atoms with Gasteiger partial charge in [-0.15, -0.1) is 0 Å². The molecule has 0 radical (unpaired) electrons. The number of halogens is 5. The van der Waals surface area contributed by atoms with Crippen LogP contribution in [0.1, 0.15) is 28.7 Å². The van der Waals surface area contributed by atoms with Crippen molar-refractivity contribution in [1.82, 2.24) is 9.55 Å². The number of carbonyl (C=O) groups excluding carboxylic acids is 1. The number of aromatic nitrogens is 2. The number of methoxy groups -OCH3 is 1. The van der Waals surface area contributed by atoms with E-state index in [-0.39, 0.29) is 12.4 Å².